The van der Waals surface area contributed by atoms with Crippen molar-refractivity contribution < 1.29 is 18.3 Å². The molecule has 0 aliphatic carbocycles. The second-order valence-electron chi connectivity index (χ2n) is 4.75. The summed E-state index contributed by atoms with van der Waals surface area (Å²) >= 11 is 0. The third-order valence-corrected chi connectivity index (χ3v) is 5.12. The van der Waals surface area contributed by atoms with Gasteiger partial charge in [0.1, 0.15) is 0 Å². The summed E-state index contributed by atoms with van der Waals surface area (Å²) in [5, 5.41) is 12.7. The fourth-order valence-electron chi connectivity index (χ4n) is 2.35. The van der Waals surface area contributed by atoms with Gasteiger partial charge in [0.05, 0.1) is 11.5 Å². The van der Waals surface area contributed by atoms with Gasteiger partial charge in [0.25, 0.3) is 0 Å². The predicted molar refractivity (Wildman–Crippen MR) is 60.8 cm³/mol. The number of rotatable bonds is 2. The number of aryl methyl sites for hydroxylation is 1. The Labute approximate surface area is 99.2 Å². The van der Waals surface area contributed by atoms with Crippen LogP contribution in [0.15, 0.2) is 6.07 Å². The lowest BCUT2D eigenvalue weighted by Gasteiger charge is -2.21. The topological polar surface area (TPSA) is 89.3 Å². The van der Waals surface area contributed by atoms with Crippen LogP contribution in [0.4, 0.5) is 0 Å². The SMILES string of the molecule is Cn1nc(C(=O)O)cc1C1(C)CCS(=O)(=O)C1. The summed E-state index contributed by atoms with van der Waals surface area (Å²) in [5.74, 6) is -0.897. The number of hydrogen-bond donors (Lipinski definition) is 1. The van der Waals surface area contributed by atoms with Gasteiger partial charge in [-0.05, 0) is 12.5 Å². The van der Waals surface area contributed by atoms with E-state index in [-0.39, 0.29) is 17.2 Å². The molecule has 1 N–H and O–H groups in total. The molecule has 94 valence electrons. The maximum absolute atomic E-state index is 11.5. The number of nitrogens with zero attached hydrogens (tertiary/aromatic N) is 2. The fourth-order valence-corrected chi connectivity index (χ4v) is 4.52. The van der Waals surface area contributed by atoms with Gasteiger partial charge in [-0.1, -0.05) is 6.92 Å². The maximum atomic E-state index is 11.5. The Morgan fingerprint density at radius 1 is 1.59 bits per heavy atom. The molecule has 1 aromatic rings. The quantitative estimate of drug-likeness (QED) is 0.818. The average Bonchev–Trinajstić information content (AvgIpc) is 2.69. The molecule has 0 spiro atoms. The van der Waals surface area contributed by atoms with Crippen molar-refractivity contribution in [1.82, 2.24) is 9.78 Å². The zero-order valence-corrected chi connectivity index (χ0v) is 10.5. The summed E-state index contributed by atoms with van der Waals surface area (Å²) < 4.78 is 24.5. The van der Waals surface area contributed by atoms with Crippen molar-refractivity contribution in [3.63, 3.8) is 0 Å². The Bertz CT molecular complexity index is 575. The van der Waals surface area contributed by atoms with E-state index >= 15 is 0 Å². The van der Waals surface area contributed by atoms with E-state index < -0.39 is 21.2 Å². The van der Waals surface area contributed by atoms with Crippen LogP contribution in [-0.4, -0.2) is 40.8 Å². The van der Waals surface area contributed by atoms with Gasteiger partial charge in [-0.25, -0.2) is 13.2 Å². The van der Waals surface area contributed by atoms with Crippen LogP contribution in [0.25, 0.3) is 0 Å². The molecule has 2 rings (SSSR count). The molecule has 6 nitrogen and oxygen atoms in total. The van der Waals surface area contributed by atoms with Crippen LogP contribution in [0.3, 0.4) is 0 Å². The molecular formula is C10H14N2O4S. The van der Waals surface area contributed by atoms with Crippen molar-refractivity contribution in [2.45, 2.75) is 18.8 Å². The molecule has 1 unspecified atom stereocenters. The Morgan fingerprint density at radius 2 is 2.24 bits per heavy atom. The first kappa shape index (κ1) is 12.1. The molecule has 0 aromatic carbocycles. The summed E-state index contributed by atoms with van der Waals surface area (Å²) in [7, 11) is -1.38. The third kappa shape index (κ3) is 2.06. The minimum atomic E-state index is -3.02. The van der Waals surface area contributed by atoms with Gasteiger partial charge in [-0.3, -0.25) is 4.68 Å². The van der Waals surface area contributed by atoms with E-state index in [1.165, 1.54) is 10.7 Å². The van der Waals surface area contributed by atoms with Gasteiger partial charge in [0.2, 0.25) is 0 Å². The van der Waals surface area contributed by atoms with Gasteiger partial charge < -0.3 is 5.11 Å². The Hall–Kier alpha value is -1.37. The summed E-state index contributed by atoms with van der Waals surface area (Å²) in [6.07, 6.45) is 0.508. The monoisotopic (exact) mass is 258 g/mol. The summed E-state index contributed by atoms with van der Waals surface area (Å²) in [5.41, 5.74) is 0.0814. The first-order chi connectivity index (χ1) is 7.73. The number of aromatic carboxylic acids is 1. The van der Waals surface area contributed by atoms with E-state index in [2.05, 4.69) is 5.10 Å². The lowest BCUT2D eigenvalue weighted by molar-refractivity contribution is 0.0689. The standard InChI is InChI=1S/C10H14N2O4S/c1-10(3-4-17(15,16)6-10)8-5-7(9(13)14)11-12(8)2/h5H,3-4,6H2,1-2H3,(H,13,14). The molecule has 2 heterocycles. The number of carboxylic acids is 1. The van der Waals surface area contributed by atoms with Crippen LogP contribution in [0.1, 0.15) is 29.5 Å². The molecule has 1 atom stereocenters. The summed E-state index contributed by atoms with van der Waals surface area (Å²) in [6, 6.07) is 1.46. The minimum absolute atomic E-state index is 0.0481. The highest BCUT2D eigenvalue weighted by molar-refractivity contribution is 7.91. The molecule has 1 aromatic heterocycles. The van der Waals surface area contributed by atoms with Crippen LogP contribution in [-0.2, 0) is 22.3 Å². The lowest BCUT2D eigenvalue weighted by Crippen LogP contribution is -2.26. The van der Waals surface area contributed by atoms with Crippen LogP contribution in [0.5, 0.6) is 0 Å². The molecule has 1 aliphatic heterocycles. The molecule has 1 saturated heterocycles. The van der Waals surface area contributed by atoms with Crippen molar-refractivity contribution in [2.24, 2.45) is 7.05 Å². The minimum Gasteiger partial charge on any atom is -0.476 e. The van der Waals surface area contributed by atoms with E-state index in [4.69, 9.17) is 5.11 Å². The fraction of sp³-hybridized carbons (Fsp3) is 0.600. The van der Waals surface area contributed by atoms with Crippen molar-refractivity contribution in [3.05, 3.63) is 17.5 Å². The average molecular weight is 258 g/mol. The molecule has 17 heavy (non-hydrogen) atoms. The van der Waals surface area contributed by atoms with Gasteiger partial charge in [0, 0.05) is 18.2 Å². The van der Waals surface area contributed by atoms with E-state index in [1.807, 2.05) is 6.92 Å². The van der Waals surface area contributed by atoms with Gasteiger partial charge in [0.15, 0.2) is 15.5 Å². The van der Waals surface area contributed by atoms with Crippen LogP contribution in [0, 0.1) is 0 Å². The number of aromatic nitrogens is 2. The smallest absolute Gasteiger partial charge is 0.356 e. The molecule has 1 fully saturated rings. The second kappa shape index (κ2) is 3.56. The van der Waals surface area contributed by atoms with Crippen molar-refractivity contribution in [3.8, 4) is 0 Å². The van der Waals surface area contributed by atoms with Crippen LogP contribution in [0.2, 0.25) is 0 Å². The van der Waals surface area contributed by atoms with Crippen molar-refractivity contribution >= 4 is 15.8 Å². The van der Waals surface area contributed by atoms with Gasteiger partial charge in [-0.2, -0.15) is 5.10 Å². The summed E-state index contributed by atoms with van der Waals surface area (Å²) in [4.78, 5) is 10.8. The lowest BCUT2D eigenvalue weighted by atomic mass is 9.86. The first-order valence-corrected chi connectivity index (χ1v) is 7.04. The zero-order valence-electron chi connectivity index (χ0n) is 9.67. The molecule has 0 bridgehead atoms. The Balaban J connectivity index is 2.44. The molecule has 0 radical (unpaired) electrons. The molecular weight excluding hydrogens is 244 g/mol. The van der Waals surface area contributed by atoms with Gasteiger partial charge in [-0.15, -0.1) is 0 Å². The van der Waals surface area contributed by atoms with Crippen LogP contribution >= 0.6 is 0 Å². The molecule has 0 saturated carbocycles. The molecule has 1 aliphatic rings. The van der Waals surface area contributed by atoms with Crippen molar-refractivity contribution in [1.29, 1.82) is 0 Å². The number of sulfone groups is 1. The van der Waals surface area contributed by atoms with Gasteiger partial charge >= 0.3 is 5.97 Å². The number of carboxylic acid groups (broad SMARTS) is 1. The first-order valence-electron chi connectivity index (χ1n) is 5.22. The normalized spacial score (nSPS) is 27.2. The second-order valence-corrected chi connectivity index (χ2v) is 6.93. The number of hydrogen-bond acceptors (Lipinski definition) is 4. The van der Waals surface area contributed by atoms with E-state index in [0.29, 0.717) is 12.1 Å². The van der Waals surface area contributed by atoms with E-state index in [1.54, 1.807) is 7.05 Å². The zero-order chi connectivity index (χ0) is 12.8. The highest BCUT2D eigenvalue weighted by Crippen LogP contribution is 2.35. The molecule has 0 amide bonds. The predicted octanol–water partition coefficient (Wildman–Crippen LogP) is 0.195. The highest BCUT2D eigenvalue weighted by atomic mass is 32.2. The highest BCUT2D eigenvalue weighted by Gasteiger charge is 2.42. The Morgan fingerprint density at radius 3 is 2.65 bits per heavy atom. The molecule has 7 heteroatoms. The third-order valence-electron chi connectivity index (χ3n) is 3.22. The summed E-state index contributed by atoms with van der Waals surface area (Å²) in [6.45, 7) is 1.83. The van der Waals surface area contributed by atoms with Crippen molar-refractivity contribution in [2.75, 3.05) is 11.5 Å². The maximum Gasteiger partial charge on any atom is 0.356 e. The van der Waals surface area contributed by atoms with E-state index in [9.17, 15) is 13.2 Å². The number of carbonyl (C=O) groups is 1. The Kier molecular flexibility index (Phi) is 2.53. The largest absolute Gasteiger partial charge is 0.476 e. The van der Waals surface area contributed by atoms with Crippen LogP contribution < -0.4 is 0 Å². The van der Waals surface area contributed by atoms with E-state index in [0.717, 1.165) is 0 Å².